The molecule has 0 saturated heterocycles. The van der Waals surface area contributed by atoms with Gasteiger partial charge in [-0.25, -0.2) is 18.2 Å². The Morgan fingerprint density at radius 2 is 1.97 bits per heavy atom. The number of aromatic nitrogens is 2. The second kappa shape index (κ2) is 7.73. The summed E-state index contributed by atoms with van der Waals surface area (Å²) < 4.78 is 47.6. The molecule has 0 aliphatic carbocycles. The fourth-order valence-electron chi connectivity index (χ4n) is 2.83. The van der Waals surface area contributed by atoms with Crippen LogP contribution in [0.15, 0.2) is 45.4 Å². The van der Waals surface area contributed by atoms with E-state index in [1.807, 2.05) is 0 Å². The number of halogens is 5. The van der Waals surface area contributed by atoms with E-state index >= 15 is 0 Å². The van der Waals surface area contributed by atoms with Crippen molar-refractivity contribution in [2.75, 3.05) is 5.32 Å². The van der Waals surface area contributed by atoms with Gasteiger partial charge in [0.05, 0.1) is 10.6 Å². The number of pyridine rings is 1. The average molecular weight is 497 g/mol. The summed E-state index contributed by atoms with van der Waals surface area (Å²) in [6, 6.07) is 5.78. The highest BCUT2D eigenvalue weighted by molar-refractivity contribution is 9.10. The Balaban J connectivity index is 1.74. The molecule has 0 unspecified atom stereocenters. The van der Waals surface area contributed by atoms with Crippen LogP contribution in [0.4, 0.5) is 18.9 Å². The van der Waals surface area contributed by atoms with Crippen molar-refractivity contribution in [3.63, 3.8) is 0 Å². The Hall–Kier alpha value is -2.91. The third kappa shape index (κ3) is 3.66. The van der Waals surface area contributed by atoms with Crippen LogP contribution in [0.25, 0.3) is 22.7 Å². The molecule has 4 rings (SSSR count). The molecule has 0 bridgehead atoms. The van der Waals surface area contributed by atoms with Crippen LogP contribution in [-0.4, -0.2) is 15.9 Å². The van der Waals surface area contributed by atoms with Crippen molar-refractivity contribution in [3.8, 4) is 11.5 Å². The summed E-state index contributed by atoms with van der Waals surface area (Å²) in [7, 11) is 0. The summed E-state index contributed by atoms with van der Waals surface area (Å²) in [6.45, 7) is 1.62. The Morgan fingerprint density at radius 3 is 2.73 bits per heavy atom. The van der Waals surface area contributed by atoms with Crippen molar-refractivity contribution in [2.24, 2.45) is 0 Å². The van der Waals surface area contributed by atoms with Gasteiger partial charge in [0.25, 0.3) is 5.91 Å². The normalized spacial score (nSPS) is 11.1. The highest BCUT2D eigenvalue weighted by Gasteiger charge is 2.20. The molecule has 0 atom stereocenters. The van der Waals surface area contributed by atoms with Gasteiger partial charge >= 0.3 is 0 Å². The molecule has 0 spiro atoms. The lowest BCUT2D eigenvalue weighted by Gasteiger charge is -2.12. The van der Waals surface area contributed by atoms with E-state index < -0.39 is 28.4 Å². The molecule has 5 nitrogen and oxygen atoms in total. The molecule has 4 aromatic rings. The van der Waals surface area contributed by atoms with Crippen LogP contribution in [0.3, 0.4) is 0 Å². The molecule has 0 aliphatic heterocycles. The number of nitrogens with one attached hydrogen (secondary N) is 1. The molecule has 1 amide bonds. The summed E-state index contributed by atoms with van der Waals surface area (Å²) in [5.41, 5.74) is 1.24. The first-order valence-corrected chi connectivity index (χ1v) is 9.59. The number of amides is 1. The predicted molar refractivity (Wildman–Crippen MR) is 109 cm³/mol. The maximum atomic E-state index is 14.3. The van der Waals surface area contributed by atoms with Gasteiger partial charge in [0.2, 0.25) is 5.89 Å². The summed E-state index contributed by atoms with van der Waals surface area (Å²) in [5, 5.41) is 1.79. The highest BCUT2D eigenvalue weighted by Crippen LogP contribution is 2.32. The van der Waals surface area contributed by atoms with E-state index in [1.54, 1.807) is 19.2 Å². The summed E-state index contributed by atoms with van der Waals surface area (Å²) in [4.78, 5) is 20.9. The van der Waals surface area contributed by atoms with Crippen LogP contribution in [-0.2, 0) is 0 Å². The predicted octanol–water partition coefficient (Wildman–Crippen LogP) is 6.28. The third-order valence-electron chi connectivity index (χ3n) is 4.34. The third-order valence-corrected chi connectivity index (χ3v) is 5.15. The first-order valence-electron chi connectivity index (χ1n) is 8.42. The Kier molecular flexibility index (Phi) is 5.25. The average Bonchev–Trinajstić information content (AvgIpc) is 3.11. The number of rotatable bonds is 3. The van der Waals surface area contributed by atoms with Crippen LogP contribution in [0.1, 0.15) is 15.9 Å². The fraction of sp³-hybridized carbons (Fsp3) is 0.0500. The molecule has 0 aliphatic rings. The van der Waals surface area contributed by atoms with Gasteiger partial charge < -0.3 is 9.73 Å². The van der Waals surface area contributed by atoms with Crippen LogP contribution >= 0.6 is 27.5 Å². The molecule has 2 heterocycles. The maximum absolute atomic E-state index is 14.3. The smallest absolute Gasteiger partial charge is 0.257 e. The molecule has 0 radical (unpaired) electrons. The van der Waals surface area contributed by atoms with E-state index in [4.69, 9.17) is 16.0 Å². The van der Waals surface area contributed by atoms with E-state index in [0.29, 0.717) is 21.3 Å². The number of carbonyl (C=O) groups is 1. The number of oxazole rings is 1. The second-order valence-corrected chi connectivity index (χ2v) is 7.59. The Labute approximate surface area is 181 Å². The van der Waals surface area contributed by atoms with Gasteiger partial charge in [-0.1, -0.05) is 11.6 Å². The molecule has 2 aromatic carbocycles. The molecule has 10 heteroatoms. The lowest BCUT2D eigenvalue weighted by molar-refractivity contribution is 0.102. The molecule has 0 saturated carbocycles. The van der Waals surface area contributed by atoms with E-state index in [-0.39, 0.29) is 22.7 Å². The van der Waals surface area contributed by atoms with Gasteiger partial charge in [-0.05, 0) is 52.7 Å². The van der Waals surface area contributed by atoms with Gasteiger partial charge in [-0.15, -0.1) is 0 Å². The summed E-state index contributed by atoms with van der Waals surface area (Å²) >= 11 is 9.01. The van der Waals surface area contributed by atoms with E-state index in [0.717, 1.165) is 18.2 Å². The minimum atomic E-state index is -1.34. The zero-order valence-corrected chi connectivity index (χ0v) is 17.4. The van der Waals surface area contributed by atoms with Gasteiger partial charge in [-0.2, -0.15) is 4.98 Å². The number of benzene rings is 2. The summed E-state index contributed by atoms with van der Waals surface area (Å²) in [5.74, 6) is -3.92. The monoisotopic (exact) mass is 495 g/mol. The molecule has 0 fully saturated rings. The van der Waals surface area contributed by atoms with Gasteiger partial charge in [-0.3, -0.25) is 4.79 Å². The zero-order valence-electron chi connectivity index (χ0n) is 15.1. The SMILES string of the molecule is Cc1c(NC(=O)c2ccc(F)c(F)c2Cl)cc(F)cc1-c1nc2ncc(Br)cc2o1. The number of nitrogens with zero attached hydrogens (tertiary/aromatic N) is 2. The van der Waals surface area contributed by atoms with Gasteiger partial charge in [0.15, 0.2) is 22.9 Å². The largest absolute Gasteiger partial charge is 0.434 e. The lowest BCUT2D eigenvalue weighted by Crippen LogP contribution is -2.14. The minimum Gasteiger partial charge on any atom is -0.434 e. The first kappa shape index (κ1) is 20.4. The number of anilines is 1. The number of hydrogen-bond donors (Lipinski definition) is 1. The number of hydrogen-bond acceptors (Lipinski definition) is 4. The Morgan fingerprint density at radius 1 is 1.20 bits per heavy atom. The molecular formula is C20H10BrClF3N3O2. The molecular weight excluding hydrogens is 487 g/mol. The van der Waals surface area contributed by atoms with E-state index in [1.165, 1.54) is 6.07 Å². The summed E-state index contributed by atoms with van der Waals surface area (Å²) in [6.07, 6.45) is 1.55. The van der Waals surface area contributed by atoms with Gasteiger partial charge in [0.1, 0.15) is 5.82 Å². The van der Waals surface area contributed by atoms with Crippen molar-refractivity contribution in [3.05, 3.63) is 74.6 Å². The van der Waals surface area contributed by atoms with Crippen molar-refractivity contribution in [1.29, 1.82) is 0 Å². The highest BCUT2D eigenvalue weighted by atomic mass is 79.9. The van der Waals surface area contributed by atoms with Crippen LogP contribution in [0.5, 0.6) is 0 Å². The number of carbonyl (C=O) groups excluding carboxylic acids is 1. The van der Waals surface area contributed by atoms with Gasteiger partial charge in [0, 0.05) is 28.0 Å². The zero-order chi connectivity index (χ0) is 21.6. The topological polar surface area (TPSA) is 68.0 Å². The number of fused-ring (bicyclic) bond motifs is 1. The van der Waals surface area contributed by atoms with Crippen LogP contribution in [0, 0.1) is 24.4 Å². The first-order chi connectivity index (χ1) is 14.2. The standard InChI is InChI=1S/C20H10BrClF3N3O2/c1-8-12(20-28-18-15(30-20)4-9(21)7-26-18)5-10(23)6-14(8)27-19(29)11-2-3-13(24)17(25)16(11)22/h2-7H,1H3,(H,27,29). The van der Waals surface area contributed by atoms with Crippen molar-refractivity contribution >= 4 is 50.4 Å². The van der Waals surface area contributed by atoms with E-state index in [2.05, 4.69) is 31.2 Å². The van der Waals surface area contributed by atoms with Crippen molar-refractivity contribution in [1.82, 2.24) is 9.97 Å². The molecule has 1 N–H and O–H groups in total. The Bertz CT molecular complexity index is 1330. The fourth-order valence-corrected chi connectivity index (χ4v) is 3.38. The van der Waals surface area contributed by atoms with Crippen LogP contribution in [0.2, 0.25) is 5.02 Å². The second-order valence-electron chi connectivity index (χ2n) is 6.30. The molecule has 152 valence electrons. The van der Waals surface area contributed by atoms with Crippen molar-refractivity contribution in [2.45, 2.75) is 6.92 Å². The van der Waals surface area contributed by atoms with E-state index in [9.17, 15) is 18.0 Å². The quantitative estimate of drug-likeness (QED) is 0.339. The molecule has 30 heavy (non-hydrogen) atoms. The minimum absolute atomic E-state index is 0.0900. The maximum Gasteiger partial charge on any atom is 0.257 e. The van der Waals surface area contributed by atoms with Crippen molar-refractivity contribution < 1.29 is 22.4 Å². The molecule has 2 aromatic heterocycles. The van der Waals surface area contributed by atoms with Crippen LogP contribution < -0.4 is 5.32 Å². The lowest BCUT2D eigenvalue weighted by atomic mass is 10.1.